The van der Waals surface area contributed by atoms with Gasteiger partial charge in [0.15, 0.2) is 0 Å². The molecule has 2 amide bonds. The molecule has 0 spiro atoms. The Bertz CT molecular complexity index is 797. The average Bonchev–Trinajstić information content (AvgIpc) is 2.55. The molecule has 2 aromatic rings. The van der Waals surface area contributed by atoms with Crippen LogP contribution in [0.1, 0.15) is 23.6 Å². The molecule has 1 N–H and O–H groups in total. The number of rotatable bonds is 5. The van der Waals surface area contributed by atoms with Crippen molar-refractivity contribution in [2.75, 3.05) is 6.54 Å². The Labute approximate surface area is 143 Å². The molecule has 0 unspecified atom stereocenters. The van der Waals surface area contributed by atoms with Crippen molar-refractivity contribution in [1.82, 2.24) is 9.62 Å². The third-order valence-electron chi connectivity index (χ3n) is 3.69. The molecule has 0 saturated heterocycles. The predicted molar refractivity (Wildman–Crippen MR) is 94.2 cm³/mol. The monoisotopic (exact) mass is 346 g/mol. The van der Waals surface area contributed by atoms with Crippen LogP contribution in [0.25, 0.3) is 0 Å². The smallest absolute Gasteiger partial charge is 0.331 e. The summed E-state index contributed by atoms with van der Waals surface area (Å²) in [6, 6.07) is 13.5. The Morgan fingerprint density at radius 1 is 0.958 bits per heavy atom. The Hall–Kier alpha value is -2.34. The summed E-state index contributed by atoms with van der Waals surface area (Å²) in [6.07, 6.45) is 0. The molecule has 6 heteroatoms. The highest BCUT2D eigenvalue weighted by atomic mass is 32.2. The number of amides is 2. The number of nitrogens with one attached hydrogen (secondary N) is 1. The van der Waals surface area contributed by atoms with Gasteiger partial charge in [0.1, 0.15) is 0 Å². The van der Waals surface area contributed by atoms with Gasteiger partial charge in [-0.3, -0.25) is 0 Å². The molecule has 5 nitrogen and oxygen atoms in total. The maximum atomic E-state index is 12.6. The molecule has 0 heterocycles. The van der Waals surface area contributed by atoms with Gasteiger partial charge < -0.3 is 5.32 Å². The van der Waals surface area contributed by atoms with Crippen LogP contribution in [0.15, 0.2) is 53.4 Å². The zero-order valence-electron chi connectivity index (χ0n) is 14.1. The van der Waals surface area contributed by atoms with Crippen LogP contribution in [-0.4, -0.2) is 25.3 Å². The highest BCUT2D eigenvalue weighted by molar-refractivity contribution is 7.89. The van der Waals surface area contributed by atoms with Gasteiger partial charge in [-0.25, -0.2) is 17.5 Å². The maximum absolute atomic E-state index is 12.6. The second kappa shape index (κ2) is 7.49. The first-order valence-electron chi connectivity index (χ1n) is 7.77. The minimum atomic E-state index is -3.86. The van der Waals surface area contributed by atoms with E-state index < -0.39 is 16.1 Å². The number of carbonyl (C=O) groups is 1. The van der Waals surface area contributed by atoms with Crippen LogP contribution >= 0.6 is 0 Å². The maximum Gasteiger partial charge on any atom is 0.331 e. The lowest BCUT2D eigenvalue weighted by molar-refractivity contribution is 0.224. The third kappa shape index (κ3) is 4.14. The van der Waals surface area contributed by atoms with Gasteiger partial charge in [0.2, 0.25) is 0 Å². The summed E-state index contributed by atoms with van der Waals surface area (Å²) in [5.74, 6) is 0. The van der Waals surface area contributed by atoms with E-state index in [1.807, 2.05) is 38.1 Å². The van der Waals surface area contributed by atoms with Crippen LogP contribution in [0, 0.1) is 13.8 Å². The van der Waals surface area contributed by atoms with E-state index in [9.17, 15) is 13.2 Å². The van der Waals surface area contributed by atoms with E-state index in [-0.39, 0.29) is 18.0 Å². The number of urea groups is 1. The van der Waals surface area contributed by atoms with E-state index in [1.54, 1.807) is 19.1 Å². The van der Waals surface area contributed by atoms with Gasteiger partial charge in [0.25, 0.3) is 10.0 Å². The van der Waals surface area contributed by atoms with Crippen molar-refractivity contribution in [1.29, 1.82) is 0 Å². The topological polar surface area (TPSA) is 66.5 Å². The van der Waals surface area contributed by atoms with Crippen LogP contribution in [0.3, 0.4) is 0 Å². The largest absolute Gasteiger partial charge is 0.333 e. The quantitative estimate of drug-likeness (QED) is 0.904. The molecule has 24 heavy (non-hydrogen) atoms. The number of carbonyl (C=O) groups excluding carboxylic acids is 1. The predicted octanol–water partition coefficient (Wildman–Crippen LogP) is 3.22. The number of hydrogen-bond donors (Lipinski definition) is 1. The molecular formula is C18H22N2O3S. The number of benzene rings is 2. The molecule has 0 saturated carbocycles. The summed E-state index contributed by atoms with van der Waals surface area (Å²) in [7, 11) is -3.86. The lowest BCUT2D eigenvalue weighted by atomic mass is 10.1. The lowest BCUT2D eigenvalue weighted by Crippen LogP contribution is -2.43. The highest BCUT2D eigenvalue weighted by Gasteiger charge is 2.27. The molecular weight excluding hydrogens is 324 g/mol. The van der Waals surface area contributed by atoms with Crippen molar-refractivity contribution in [3.63, 3.8) is 0 Å². The second-order valence-corrected chi connectivity index (χ2v) is 7.49. The van der Waals surface area contributed by atoms with Gasteiger partial charge in [0.05, 0.1) is 4.90 Å². The average molecular weight is 346 g/mol. The molecule has 0 radical (unpaired) electrons. The number of hydrogen-bond acceptors (Lipinski definition) is 3. The summed E-state index contributed by atoms with van der Waals surface area (Å²) < 4.78 is 26.1. The van der Waals surface area contributed by atoms with Crippen LogP contribution in [-0.2, 0) is 16.6 Å². The first kappa shape index (κ1) is 18.0. The lowest BCUT2D eigenvalue weighted by Gasteiger charge is -2.21. The summed E-state index contributed by atoms with van der Waals surface area (Å²) in [6.45, 7) is 5.84. The molecule has 0 aliphatic carbocycles. The molecule has 0 aliphatic rings. The second-order valence-electron chi connectivity index (χ2n) is 5.63. The molecule has 0 atom stereocenters. The fourth-order valence-corrected chi connectivity index (χ4v) is 3.59. The minimum Gasteiger partial charge on any atom is -0.333 e. The van der Waals surface area contributed by atoms with E-state index in [1.165, 1.54) is 12.1 Å². The summed E-state index contributed by atoms with van der Waals surface area (Å²) in [5, 5.41) is 2.66. The number of nitrogens with zero attached hydrogens (tertiary/aromatic N) is 1. The minimum absolute atomic E-state index is 0.0654. The molecule has 0 aliphatic heterocycles. The van der Waals surface area contributed by atoms with Crippen molar-refractivity contribution in [3.8, 4) is 0 Å². The zero-order valence-corrected chi connectivity index (χ0v) is 14.9. The van der Waals surface area contributed by atoms with E-state index >= 15 is 0 Å². The molecule has 0 fully saturated rings. The third-order valence-corrected chi connectivity index (χ3v) is 5.56. The van der Waals surface area contributed by atoms with Crippen LogP contribution in [0.2, 0.25) is 0 Å². The molecule has 2 rings (SSSR count). The van der Waals surface area contributed by atoms with Crippen molar-refractivity contribution >= 4 is 16.1 Å². The van der Waals surface area contributed by atoms with E-state index in [0.717, 1.165) is 21.0 Å². The fourth-order valence-electron chi connectivity index (χ4n) is 2.23. The van der Waals surface area contributed by atoms with Crippen molar-refractivity contribution in [3.05, 3.63) is 65.2 Å². The Balaban J connectivity index is 2.12. The molecule has 2 aromatic carbocycles. The SMILES string of the molecule is CCN(C(=O)NCc1ccc(C)cc1)S(=O)(=O)c1ccc(C)cc1. The summed E-state index contributed by atoms with van der Waals surface area (Å²) >= 11 is 0. The van der Waals surface area contributed by atoms with Crippen molar-refractivity contribution in [2.24, 2.45) is 0 Å². The van der Waals surface area contributed by atoms with E-state index in [2.05, 4.69) is 5.32 Å². The fraction of sp³-hybridized carbons (Fsp3) is 0.278. The summed E-state index contributed by atoms with van der Waals surface area (Å²) in [5.41, 5.74) is 3.00. The van der Waals surface area contributed by atoms with Gasteiger partial charge >= 0.3 is 6.03 Å². The van der Waals surface area contributed by atoms with Crippen molar-refractivity contribution in [2.45, 2.75) is 32.2 Å². The van der Waals surface area contributed by atoms with Gasteiger partial charge in [-0.1, -0.05) is 47.5 Å². The Morgan fingerprint density at radius 3 is 1.96 bits per heavy atom. The summed E-state index contributed by atoms with van der Waals surface area (Å²) in [4.78, 5) is 12.4. The Kier molecular flexibility index (Phi) is 5.62. The van der Waals surface area contributed by atoms with Crippen LogP contribution in [0.4, 0.5) is 4.79 Å². The molecule has 0 aromatic heterocycles. The van der Waals surface area contributed by atoms with E-state index in [0.29, 0.717) is 0 Å². The highest BCUT2D eigenvalue weighted by Crippen LogP contribution is 2.16. The van der Waals surface area contributed by atoms with E-state index in [4.69, 9.17) is 0 Å². The normalized spacial score (nSPS) is 11.1. The first-order valence-corrected chi connectivity index (χ1v) is 9.21. The van der Waals surface area contributed by atoms with Crippen LogP contribution < -0.4 is 5.32 Å². The van der Waals surface area contributed by atoms with Crippen molar-refractivity contribution < 1.29 is 13.2 Å². The molecule has 0 bridgehead atoms. The number of aryl methyl sites for hydroxylation is 2. The van der Waals surface area contributed by atoms with Gasteiger partial charge in [-0.05, 0) is 38.5 Å². The van der Waals surface area contributed by atoms with Gasteiger partial charge in [-0.15, -0.1) is 0 Å². The number of sulfonamides is 1. The standard InChI is InChI=1S/C18H22N2O3S/c1-4-20(24(22,23)17-11-7-15(3)8-12-17)18(21)19-13-16-9-5-14(2)6-10-16/h5-12H,4,13H2,1-3H3,(H,19,21). The Morgan fingerprint density at radius 2 is 1.46 bits per heavy atom. The van der Waals surface area contributed by atoms with Gasteiger partial charge in [-0.2, -0.15) is 0 Å². The zero-order chi connectivity index (χ0) is 17.7. The van der Waals surface area contributed by atoms with Crippen LogP contribution in [0.5, 0.6) is 0 Å². The van der Waals surface area contributed by atoms with Gasteiger partial charge in [0, 0.05) is 13.1 Å². The molecule has 128 valence electrons. The first-order chi connectivity index (χ1) is 11.3.